The molecule has 0 amide bonds. The molecule has 0 aromatic carbocycles. The quantitative estimate of drug-likeness (QED) is 0.592. The fourth-order valence-corrected chi connectivity index (χ4v) is 2.05. The van der Waals surface area contributed by atoms with Crippen LogP contribution in [-0.4, -0.2) is 31.7 Å². The average molecular weight is 241 g/mol. The maximum absolute atomic E-state index is 11.8. The second-order valence-electron chi connectivity index (χ2n) is 4.46. The molecule has 0 saturated heterocycles. The Bertz CT molecular complexity index is 223. The van der Waals surface area contributed by atoms with Crippen molar-refractivity contribution in [1.82, 2.24) is 0 Å². The molecular weight excluding hydrogens is 223 g/mol. The Kier molecular flexibility index (Phi) is 4.58. The van der Waals surface area contributed by atoms with Crippen LogP contribution >= 0.6 is 0 Å². The zero-order chi connectivity index (χ0) is 12.2. The zero-order valence-electron chi connectivity index (χ0n) is 9.35. The summed E-state index contributed by atoms with van der Waals surface area (Å²) in [5.41, 5.74) is 5.12. The van der Waals surface area contributed by atoms with Crippen molar-refractivity contribution in [2.75, 3.05) is 19.9 Å². The molecule has 0 aromatic heterocycles. The number of rotatable bonds is 5. The Morgan fingerprint density at radius 1 is 1.44 bits per heavy atom. The molecule has 0 aliphatic heterocycles. The zero-order valence-corrected chi connectivity index (χ0v) is 9.35. The van der Waals surface area contributed by atoms with Crippen molar-refractivity contribution in [3.05, 3.63) is 0 Å². The van der Waals surface area contributed by atoms with Gasteiger partial charge in [-0.2, -0.15) is 13.2 Å². The molecule has 1 aliphatic rings. The van der Waals surface area contributed by atoms with Crippen LogP contribution in [0.3, 0.4) is 0 Å². The highest BCUT2D eigenvalue weighted by atomic mass is 19.4. The highest BCUT2D eigenvalue weighted by molar-refractivity contribution is 4.90. The standard InChI is InChI=1S/C10H18F3NO2/c1-8-2-3-9(4-8,5-14)16-7-15-6-10(11,12)13/h8H,2-7,14H2,1H3. The summed E-state index contributed by atoms with van der Waals surface area (Å²) in [5, 5.41) is 0. The number of hydrogen-bond acceptors (Lipinski definition) is 3. The lowest BCUT2D eigenvalue weighted by molar-refractivity contribution is -0.214. The van der Waals surface area contributed by atoms with Crippen LogP contribution in [0.1, 0.15) is 26.2 Å². The number of hydrogen-bond donors (Lipinski definition) is 1. The molecule has 3 nitrogen and oxygen atoms in total. The number of alkyl halides is 3. The molecule has 1 rings (SSSR count). The van der Waals surface area contributed by atoms with Crippen LogP contribution in [0.5, 0.6) is 0 Å². The largest absolute Gasteiger partial charge is 0.411 e. The van der Waals surface area contributed by atoms with Crippen molar-refractivity contribution in [2.24, 2.45) is 11.7 Å². The number of halogens is 3. The Hall–Kier alpha value is -0.330. The number of ether oxygens (including phenoxy) is 2. The Labute approximate surface area is 93.1 Å². The molecule has 1 saturated carbocycles. The van der Waals surface area contributed by atoms with Crippen LogP contribution in [0.4, 0.5) is 13.2 Å². The Balaban J connectivity index is 2.25. The van der Waals surface area contributed by atoms with Gasteiger partial charge in [-0.3, -0.25) is 0 Å². The highest BCUT2D eigenvalue weighted by Crippen LogP contribution is 2.36. The fraction of sp³-hybridized carbons (Fsp3) is 1.00. The lowest BCUT2D eigenvalue weighted by atomic mass is 10.0. The van der Waals surface area contributed by atoms with E-state index in [-0.39, 0.29) is 6.79 Å². The topological polar surface area (TPSA) is 44.5 Å². The van der Waals surface area contributed by atoms with E-state index in [1.807, 2.05) is 0 Å². The SMILES string of the molecule is CC1CCC(CN)(OCOCC(F)(F)F)C1. The van der Waals surface area contributed by atoms with Gasteiger partial charge in [0, 0.05) is 6.54 Å². The van der Waals surface area contributed by atoms with E-state index in [0.717, 1.165) is 19.3 Å². The van der Waals surface area contributed by atoms with E-state index >= 15 is 0 Å². The smallest absolute Gasteiger partial charge is 0.348 e. The van der Waals surface area contributed by atoms with E-state index in [1.54, 1.807) is 0 Å². The maximum Gasteiger partial charge on any atom is 0.411 e. The second kappa shape index (κ2) is 5.33. The predicted octanol–water partition coefficient (Wildman–Crippen LogP) is 2.06. The Morgan fingerprint density at radius 2 is 2.12 bits per heavy atom. The number of nitrogens with two attached hydrogens (primary N) is 1. The normalized spacial score (nSPS) is 30.9. The third-order valence-corrected chi connectivity index (χ3v) is 2.90. The summed E-state index contributed by atoms with van der Waals surface area (Å²) in [4.78, 5) is 0. The van der Waals surface area contributed by atoms with Crippen LogP contribution < -0.4 is 5.73 Å². The van der Waals surface area contributed by atoms with Crippen LogP contribution in [0.2, 0.25) is 0 Å². The fourth-order valence-electron chi connectivity index (χ4n) is 2.05. The molecule has 0 bridgehead atoms. The van der Waals surface area contributed by atoms with Gasteiger partial charge in [0.15, 0.2) is 0 Å². The monoisotopic (exact) mass is 241 g/mol. The minimum Gasteiger partial charge on any atom is -0.348 e. The van der Waals surface area contributed by atoms with E-state index in [9.17, 15) is 13.2 Å². The summed E-state index contributed by atoms with van der Waals surface area (Å²) in [6.45, 7) is 0.788. The van der Waals surface area contributed by atoms with Gasteiger partial charge in [0.25, 0.3) is 0 Å². The van der Waals surface area contributed by atoms with Crippen molar-refractivity contribution in [3.63, 3.8) is 0 Å². The molecule has 6 heteroatoms. The summed E-state index contributed by atoms with van der Waals surface area (Å²) >= 11 is 0. The molecule has 2 unspecified atom stereocenters. The molecule has 96 valence electrons. The lowest BCUT2D eigenvalue weighted by Gasteiger charge is -2.27. The molecule has 0 radical (unpaired) electrons. The molecule has 16 heavy (non-hydrogen) atoms. The molecule has 0 aromatic rings. The first-order valence-electron chi connectivity index (χ1n) is 5.35. The molecular formula is C10H18F3NO2. The molecule has 2 N–H and O–H groups in total. The van der Waals surface area contributed by atoms with Gasteiger partial charge in [-0.05, 0) is 25.2 Å². The first-order chi connectivity index (χ1) is 7.37. The van der Waals surface area contributed by atoms with Crippen LogP contribution in [0, 0.1) is 5.92 Å². The summed E-state index contributed by atoms with van der Waals surface area (Å²) in [5.74, 6) is 0.506. The minimum atomic E-state index is -4.30. The van der Waals surface area contributed by atoms with Crippen LogP contribution in [0.25, 0.3) is 0 Å². The highest BCUT2D eigenvalue weighted by Gasteiger charge is 2.37. The van der Waals surface area contributed by atoms with Gasteiger partial charge < -0.3 is 15.2 Å². The summed E-state index contributed by atoms with van der Waals surface area (Å²) in [6, 6.07) is 0. The first kappa shape index (κ1) is 13.7. The van der Waals surface area contributed by atoms with E-state index < -0.39 is 18.4 Å². The summed E-state index contributed by atoms with van der Waals surface area (Å²) in [7, 11) is 0. The van der Waals surface area contributed by atoms with Gasteiger partial charge >= 0.3 is 6.18 Å². The van der Waals surface area contributed by atoms with E-state index in [2.05, 4.69) is 11.7 Å². The van der Waals surface area contributed by atoms with Crippen LogP contribution in [-0.2, 0) is 9.47 Å². The lowest BCUT2D eigenvalue weighted by Crippen LogP contribution is -2.39. The summed E-state index contributed by atoms with van der Waals surface area (Å²) in [6.07, 6.45) is -1.72. The third kappa shape index (κ3) is 4.27. The van der Waals surface area contributed by atoms with Gasteiger partial charge in [0.1, 0.15) is 13.4 Å². The van der Waals surface area contributed by atoms with Crippen molar-refractivity contribution in [1.29, 1.82) is 0 Å². The van der Waals surface area contributed by atoms with Crippen molar-refractivity contribution < 1.29 is 22.6 Å². The Morgan fingerprint density at radius 3 is 2.56 bits per heavy atom. The van der Waals surface area contributed by atoms with E-state index in [0.29, 0.717) is 12.5 Å². The van der Waals surface area contributed by atoms with Crippen molar-refractivity contribution >= 4 is 0 Å². The minimum absolute atomic E-state index is 0.326. The van der Waals surface area contributed by atoms with Gasteiger partial charge in [-0.25, -0.2) is 0 Å². The van der Waals surface area contributed by atoms with E-state index in [1.165, 1.54) is 0 Å². The summed E-state index contributed by atoms with van der Waals surface area (Å²) < 4.78 is 45.1. The van der Waals surface area contributed by atoms with Gasteiger partial charge in [-0.15, -0.1) is 0 Å². The molecule has 0 spiro atoms. The molecule has 1 fully saturated rings. The first-order valence-corrected chi connectivity index (χ1v) is 5.35. The molecule has 2 atom stereocenters. The van der Waals surface area contributed by atoms with Gasteiger partial charge in [0.2, 0.25) is 0 Å². The second-order valence-corrected chi connectivity index (χ2v) is 4.46. The van der Waals surface area contributed by atoms with Crippen LogP contribution in [0.15, 0.2) is 0 Å². The molecule has 0 heterocycles. The average Bonchev–Trinajstić information content (AvgIpc) is 2.55. The van der Waals surface area contributed by atoms with Gasteiger partial charge in [0.05, 0.1) is 5.60 Å². The maximum atomic E-state index is 11.8. The molecule has 1 aliphatic carbocycles. The van der Waals surface area contributed by atoms with Crippen molar-refractivity contribution in [3.8, 4) is 0 Å². The predicted molar refractivity (Wildman–Crippen MR) is 52.8 cm³/mol. The van der Waals surface area contributed by atoms with Crippen molar-refractivity contribution in [2.45, 2.75) is 38.0 Å². The third-order valence-electron chi connectivity index (χ3n) is 2.90. The van der Waals surface area contributed by atoms with Gasteiger partial charge in [-0.1, -0.05) is 6.92 Å². The van der Waals surface area contributed by atoms with E-state index in [4.69, 9.17) is 10.5 Å².